The van der Waals surface area contributed by atoms with Crippen LogP contribution in [0.25, 0.3) is 6.08 Å². The predicted octanol–water partition coefficient (Wildman–Crippen LogP) is 3.21. The molecule has 110 valence electrons. The Morgan fingerprint density at radius 3 is 2.19 bits per heavy atom. The van der Waals surface area contributed by atoms with Crippen LogP contribution in [0.1, 0.15) is 17.5 Å². The van der Waals surface area contributed by atoms with E-state index >= 15 is 0 Å². The minimum Gasteiger partial charge on any atom is -0.215 e. The normalized spacial score (nSPS) is 11.8. The van der Waals surface area contributed by atoms with Crippen molar-refractivity contribution in [1.82, 2.24) is 4.72 Å². The number of hydrogen-bond acceptors (Lipinski definition) is 2. The summed E-state index contributed by atoms with van der Waals surface area (Å²) in [6, 6.07) is 19.1. The number of nitrogens with one attached hydrogen (secondary N) is 1. The van der Waals surface area contributed by atoms with Crippen LogP contribution in [0.4, 0.5) is 0 Å². The monoisotopic (exact) mass is 301 g/mol. The van der Waals surface area contributed by atoms with Crippen molar-refractivity contribution in [2.45, 2.75) is 12.2 Å². The highest BCUT2D eigenvalue weighted by Crippen LogP contribution is 2.04. The number of sulfonamides is 1. The summed E-state index contributed by atoms with van der Waals surface area (Å²) >= 11 is 0. The van der Waals surface area contributed by atoms with Gasteiger partial charge in [0.25, 0.3) is 0 Å². The molecule has 0 aromatic heterocycles. The fourth-order valence-corrected chi connectivity index (χ4v) is 3.09. The van der Waals surface area contributed by atoms with Crippen LogP contribution in [0.5, 0.6) is 0 Å². The van der Waals surface area contributed by atoms with E-state index in [1.54, 1.807) is 0 Å². The number of rotatable bonds is 7. The molecule has 0 saturated carbocycles. The Morgan fingerprint density at radius 1 is 0.905 bits per heavy atom. The van der Waals surface area contributed by atoms with Gasteiger partial charge >= 0.3 is 0 Å². The first-order chi connectivity index (χ1) is 10.2. The van der Waals surface area contributed by atoms with Gasteiger partial charge in [-0.25, -0.2) is 13.1 Å². The van der Waals surface area contributed by atoms with Crippen LogP contribution in [0, 0.1) is 0 Å². The van der Waals surface area contributed by atoms with Gasteiger partial charge in [0.2, 0.25) is 10.0 Å². The molecular formula is C17H19NO2S. The first kappa shape index (κ1) is 15.5. The summed E-state index contributed by atoms with van der Waals surface area (Å²) < 4.78 is 26.4. The highest BCUT2D eigenvalue weighted by Gasteiger charge is 2.09. The molecular weight excluding hydrogens is 282 g/mol. The van der Waals surface area contributed by atoms with Crippen LogP contribution in [0.2, 0.25) is 0 Å². The molecule has 0 amide bonds. The van der Waals surface area contributed by atoms with E-state index < -0.39 is 10.0 Å². The zero-order chi connectivity index (χ0) is 15.0. The molecule has 0 unspecified atom stereocenters. The van der Waals surface area contributed by atoms with Crippen molar-refractivity contribution < 1.29 is 8.42 Å². The van der Waals surface area contributed by atoms with Gasteiger partial charge in [-0.15, -0.1) is 0 Å². The zero-order valence-electron chi connectivity index (χ0n) is 11.8. The van der Waals surface area contributed by atoms with Crippen molar-refractivity contribution in [3.05, 3.63) is 77.9 Å². The van der Waals surface area contributed by atoms with Gasteiger partial charge in [-0.2, -0.15) is 0 Å². The molecule has 21 heavy (non-hydrogen) atoms. The standard InChI is InChI=1S/C17H19NO2S/c19-21(20,15-17-12-5-2-6-13-17)18-14-8-7-11-16-9-3-1-4-10-16/h1-7,9-13,18H,8,14-15H2/b11-7+. The molecule has 0 aliphatic carbocycles. The molecule has 0 radical (unpaired) electrons. The van der Waals surface area contributed by atoms with Gasteiger partial charge in [-0.05, 0) is 17.5 Å². The Hall–Kier alpha value is -1.91. The molecule has 0 saturated heterocycles. The van der Waals surface area contributed by atoms with Gasteiger partial charge in [0, 0.05) is 6.54 Å². The average molecular weight is 301 g/mol. The van der Waals surface area contributed by atoms with Gasteiger partial charge in [0.15, 0.2) is 0 Å². The quantitative estimate of drug-likeness (QED) is 0.798. The second kappa shape index (κ2) is 7.76. The summed E-state index contributed by atoms with van der Waals surface area (Å²) in [4.78, 5) is 0. The molecule has 3 nitrogen and oxygen atoms in total. The maximum atomic E-state index is 11.9. The highest BCUT2D eigenvalue weighted by atomic mass is 32.2. The van der Waals surface area contributed by atoms with Crippen molar-refractivity contribution >= 4 is 16.1 Å². The van der Waals surface area contributed by atoms with Crippen LogP contribution in [0.3, 0.4) is 0 Å². The largest absolute Gasteiger partial charge is 0.215 e. The second-order valence-electron chi connectivity index (χ2n) is 4.74. The Morgan fingerprint density at radius 2 is 1.52 bits per heavy atom. The van der Waals surface area contributed by atoms with Crippen molar-refractivity contribution in [3.63, 3.8) is 0 Å². The molecule has 2 rings (SSSR count). The smallest absolute Gasteiger partial charge is 0.215 e. The van der Waals surface area contributed by atoms with E-state index in [1.807, 2.05) is 72.8 Å². The average Bonchev–Trinajstić information content (AvgIpc) is 2.48. The van der Waals surface area contributed by atoms with E-state index in [4.69, 9.17) is 0 Å². The molecule has 4 heteroatoms. The fourth-order valence-electron chi connectivity index (χ4n) is 1.93. The Bertz CT molecular complexity index is 664. The zero-order valence-corrected chi connectivity index (χ0v) is 12.6. The molecule has 0 fully saturated rings. The fraction of sp³-hybridized carbons (Fsp3) is 0.176. The Balaban J connectivity index is 1.76. The van der Waals surface area contributed by atoms with Gasteiger partial charge in [-0.3, -0.25) is 0 Å². The molecule has 0 aliphatic rings. The summed E-state index contributed by atoms with van der Waals surface area (Å²) in [5.74, 6) is 0.0240. The topological polar surface area (TPSA) is 46.2 Å². The molecule has 1 N–H and O–H groups in total. The lowest BCUT2D eigenvalue weighted by atomic mass is 10.2. The van der Waals surface area contributed by atoms with Crippen LogP contribution in [-0.2, 0) is 15.8 Å². The minimum atomic E-state index is -3.26. The number of hydrogen-bond donors (Lipinski definition) is 1. The van der Waals surface area contributed by atoms with Gasteiger partial charge < -0.3 is 0 Å². The summed E-state index contributed by atoms with van der Waals surface area (Å²) in [7, 11) is -3.26. The van der Waals surface area contributed by atoms with Crippen LogP contribution < -0.4 is 4.72 Å². The van der Waals surface area contributed by atoms with E-state index in [2.05, 4.69) is 4.72 Å². The molecule has 2 aromatic carbocycles. The maximum absolute atomic E-state index is 11.9. The lowest BCUT2D eigenvalue weighted by Crippen LogP contribution is -2.25. The van der Waals surface area contributed by atoms with Gasteiger partial charge in [-0.1, -0.05) is 72.8 Å². The summed E-state index contributed by atoms with van der Waals surface area (Å²) in [6.07, 6.45) is 4.63. The predicted molar refractivity (Wildman–Crippen MR) is 87.2 cm³/mol. The van der Waals surface area contributed by atoms with Crippen LogP contribution >= 0.6 is 0 Å². The Labute approximate surface area is 126 Å². The van der Waals surface area contributed by atoms with Crippen LogP contribution in [-0.4, -0.2) is 15.0 Å². The minimum absolute atomic E-state index is 0.0240. The van der Waals surface area contributed by atoms with Crippen molar-refractivity contribution in [2.75, 3.05) is 6.54 Å². The van der Waals surface area contributed by atoms with E-state index in [0.29, 0.717) is 13.0 Å². The van der Waals surface area contributed by atoms with E-state index in [0.717, 1.165) is 11.1 Å². The third-order valence-corrected chi connectivity index (χ3v) is 4.30. The van der Waals surface area contributed by atoms with Crippen molar-refractivity contribution in [1.29, 1.82) is 0 Å². The molecule has 2 aromatic rings. The third kappa shape index (κ3) is 5.94. The second-order valence-corrected chi connectivity index (χ2v) is 6.55. The molecule has 0 spiro atoms. The summed E-state index contributed by atoms with van der Waals surface area (Å²) in [6.45, 7) is 0.415. The SMILES string of the molecule is O=S(=O)(Cc1ccccc1)NCC/C=C/c1ccccc1. The van der Waals surface area contributed by atoms with Crippen molar-refractivity contribution in [3.8, 4) is 0 Å². The van der Waals surface area contributed by atoms with E-state index in [-0.39, 0.29) is 5.75 Å². The summed E-state index contributed by atoms with van der Waals surface area (Å²) in [5.41, 5.74) is 1.91. The third-order valence-electron chi connectivity index (χ3n) is 2.94. The van der Waals surface area contributed by atoms with Gasteiger partial charge in [0.05, 0.1) is 5.75 Å². The molecule has 0 heterocycles. The Kier molecular flexibility index (Phi) is 5.72. The van der Waals surface area contributed by atoms with Crippen LogP contribution in [0.15, 0.2) is 66.7 Å². The van der Waals surface area contributed by atoms with Gasteiger partial charge in [0.1, 0.15) is 0 Å². The van der Waals surface area contributed by atoms with E-state index in [9.17, 15) is 8.42 Å². The summed E-state index contributed by atoms with van der Waals surface area (Å²) in [5, 5.41) is 0. The lowest BCUT2D eigenvalue weighted by Gasteiger charge is -2.05. The molecule has 0 aliphatic heterocycles. The lowest BCUT2D eigenvalue weighted by molar-refractivity contribution is 0.581. The maximum Gasteiger partial charge on any atom is 0.215 e. The first-order valence-corrected chi connectivity index (χ1v) is 8.54. The van der Waals surface area contributed by atoms with Crippen molar-refractivity contribution in [2.24, 2.45) is 0 Å². The van der Waals surface area contributed by atoms with E-state index in [1.165, 1.54) is 0 Å². The first-order valence-electron chi connectivity index (χ1n) is 6.88. The molecule has 0 atom stereocenters. The molecule has 0 bridgehead atoms. The number of benzene rings is 2. The highest BCUT2D eigenvalue weighted by molar-refractivity contribution is 7.88.